The van der Waals surface area contributed by atoms with E-state index < -0.39 is 12.3 Å². The molecule has 0 spiro atoms. The zero-order valence-corrected chi connectivity index (χ0v) is 8.92. The summed E-state index contributed by atoms with van der Waals surface area (Å²) in [6, 6.07) is 15.3. The molecule has 2 aromatic rings. The van der Waals surface area contributed by atoms with Crippen molar-refractivity contribution in [1.82, 2.24) is 0 Å². The van der Waals surface area contributed by atoms with Crippen molar-refractivity contribution in [1.29, 1.82) is 0 Å². The number of benzene rings is 2. The van der Waals surface area contributed by atoms with Crippen LogP contribution in [0.2, 0.25) is 0 Å². The lowest BCUT2D eigenvalue weighted by Gasteiger charge is -2.10. The van der Waals surface area contributed by atoms with Crippen LogP contribution in [-0.2, 0) is 9.84 Å². The monoisotopic (exact) mass is 225 g/mol. The Morgan fingerprint density at radius 3 is 1.82 bits per heavy atom. The first kappa shape index (κ1) is 9.90. The molecule has 0 heterocycles. The Morgan fingerprint density at radius 1 is 0.882 bits per heavy atom. The Morgan fingerprint density at radius 2 is 1.35 bits per heavy atom. The van der Waals surface area contributed by atoms with Crippen LogP contribution in [0, 0.1) is 0 Å². The summed E-state index contributed by atoms with van der Waals surface area (Å²) in [5, 5.41) is 10.6. The second-order valence-electron chi connectivity index (χ2n) is 3.92. The van der Waals surface area contributed by atoms with Gasteiger partial charge in [-0.15, -0.1) is 0 Å². The van der Waals surface area contributed by atoms with Crippen LogP contribution in [0.3, 0.4) is 0 Å². The third kappa shape index (κ3) is 1.47. The topological polar surface area (TPSA) is 46.2 Å². The van der Waals surface area contributed by atoms with Crippen molar-refractivity contribution in [3.8, 4) is 11.1 Å². The summed E-state index contributed by atoms with van der Waals surface area (Å²) < 4.78 is 4.87. The highest BCUT2D eigenvalue weighted by Gasteiger charge is 2.31. The van der Waals surface area contributed by atoms with E-state index in [1.54, 1.807) is 0 Å². The summed E-state index contributed by atoms with van der Waals surface area (Å²) in [7, 11) is 0. The average molecular weight is 225 g/mol. The normalized spacial score (nSPS) is 12.9. The second kappa shape index (κ2) is 3.63. The second-order valence-corrected chi connectivity index (χ2v) is 3.92. The molecular weight excluding hydrogens is 216 g/mol. The Hall–Kier alpha value is -2.29. The van der Waals surface area contributed by atoms with Crippen molar-refractivity contribution in [2.45, 2.75) is 6.10 Å². The SMILES string of the molecule is [O]C(=O)OC1c2ccccc2-c2ccccc21. The van der Waals surface area contributed by atoms with E-state index in [0.29, 0.717) is 0 Å². The van der Waals surface area contributed by atoms with E-state index in [1.165, 1.54) is 0 Å². The number of carbonyl (C=O) groups excluding carboxylic acids is 1. The molecule has 1 radical (unpaired) electrons. The van der Waals surface area contributed by atoms with Crippen LogP contribution in [0.1, 0.15) is 17.2 Å². The molecule has 0 aromatic heterocycles. The van der Waals surface area contributed by atoms with Crippen LogP contribution in [0.25, 0.3) is 11.1 Å². The van der Waals surface area contributed by atoms with Crippen LogP contribution < -0.4 is 0 Å². The van der Waals surface area contributed by atoms with Gasteiger partial charge < -0.3 is 4.74 Å². The minimum atomic E-state index is -1.50. The van der Waals surface area contributed by atoms with Crippen LogP contribution in [0.4, 0.5) is 4.79 Å². The summed E-state index contributed by atoms with van der Waals surface area (Å²) in [5.41, 5.74) is 3.79. The molecule has 0 amide bonds. The molecule has 0 saturated carbocycles. The Bertz CT molecular complexity index is 544. The van der Waals surface area contributed by atoms with E-state index >= 15 is 0 Å². The zero-order valence-electron chi connectivity index (χ0n) is 8.92. The quantitative estimate of drug-likeness (QED) is 0.699. The summed E-state index contributed by atoms with van der Waals surface area (Å²) in [5.74, 6) is 0. The van der Waals surface area contributed by atoms with Crippen molar-refractivity contribution in [2.75, 3.05) is 0 Å². The maximum Gasteiger partial charge on any atom is 0.550 e. The molecule has 0 unspecified atom stereocenters. The molecule has 3 heteroatoms. The maximum absolute atomic E-state index is 10.6. The molecule has 3 rings (SSSR count). The number of rotatable bonds is 1. The zero-order chi connectivity index (χ0) is 11.8. The maximum atomic E-state index is 10.6. The summed E-state index contributed by atoms with van der Waals surface area (Å²) in [6.45, 7) is 0. The lowest BCUT2D eigenvalue weighted by Crippen LogP contribution is -2.06. The standard InChI is InChI=1S/C14H9O3/c15-14(16)17-13-11-7-3-1-5-9(11)10-6-2-4-8-12(10)13/h1-8,13H. The van der Waals surface area contributed by atoms with Crippen molar-refractivity contribution in [3.63, 3.8) is 0 Å². The highest BCUT2D eigenvalue weighted by Crippen LogP contribution is 2.44. The van der Waals surface area contributed by atoms with Gasteiger partial charge >= 0.3 is 6.16 Å². The predicted molar refractivity (Wildman–Crippen MR) is 60.9 cm³/mol. The number of ether oxygens (including phenoxy) is 1. The number of carbonyl (C=O) groups is 1. The van der Waals surface area contributed by atoms with Crippen molar-refractivity contribution >= 4 is 6.16 Å². The average Bonchev–Trinajstić information content (AvgIpc) is 2.65. The van der Waals surface area contributed by atoms with Gasteiger partial charge in [0.1, 0.15) is 0 Å². The van der Waals surface area contributed by atoms with E-state index in [2.05, 4.69) is 0 Å². The first-order valence-electron chi connectivity index (χ1n) is 5.33. The van der Waals surface area contributed by atoms with Gasteiger partial charge in [-0.05, 0) is 11.1 Å². The third-order valence-corrected chi connectivity index (χ3v) is 2.99. The van der Waals surface area contributed by atoms with E-state index in [1.807, 2.05) is 48.5 Å². The molecule has 0 saturated heterocycles. The van der Waals surface area contributed by atoms with Gasteiger partial charge in [-0.2, -0.15) is 9.90 Å². The fourth-order valence-electron chi connectivity index (χ4n) is 2.33. The summed E-state index contributed by atoms with van der Waals surface area (Å²) in [6.07, 6.45) is -2.06. The molecule has 3 nitrogen and oxygen atoms in total. The van der Waals surface area contributed by atoms with Crippen molar-refractivity contribution < 1.29 is 14.6 Å². The fourth-order valence-corrected chi connectivity index (χ4v) is 2.33. The Kier molecular flexibility index (Phi) is 2.11. The summed E-state index contributed by atoms with van der Waals surface area (Å²) in [4.78, 5) is 10.6. The Labute approximate surface area is 98.3 Å². The first-order chi connectivity index (χ1) is 8.27. The van der Waals surface area contributed by atoms with Gasteiger partial charge in [-0.25, -0.2) is 0 Å². The van der Waals surface area contributed by atoms with Gasteiger partial charge in [0.05, 0.1) is 0 Å². The molecule has 0 N–H and O–H groups in total. The molecule has 0 atom stereocenters. The van der Waals surface area contributed by atoms with Crippen LogP contribution in [0.5, 0.6) is 0 Å². The lowest BCUT2D eigenvalue weighted by atomic mass is 10.1. The minimum Gasteiger partial charge on any atom is -0.419 e. The van der Waals surface area contributed by atoms with Gasteiger partial charge in [-0.1, -0.05) is 48.5 Å². The van der Waals surface area contributed by atoms with Crippen molar-refractivity contribution in [3.05, 3.63) is 59.7 Å². The molecule has 83 valence electrons. The summed E-state index contributed by atoms with van der Waals surface area (Å²) >= 11 is 0. The predicted octanol–water partition coefficient (Wildman–Crippen LogP) is 3.32. The molecular formula is C14H9O3. The van der Waals surface area contributed by atoms with Gasteiger partial charge in [-0.3, -0.25) is 0 Å². The number of hydrogen-bond acceptors (Lipinski definition) is 2. The smallest absolute Gasteiger partial charge is 0.419 e. The molecule has 0 fully saturated rings. The van der Waals surface area contributed by atoms with Gasteiger partial charge in [0.2, 0.25) is 0 Å². The number of fused-ring (bicyclic) bond motifs is 3. The van der Waals surface area contributed by atoms with Crippen LogP contribution >= 0.6 is 0 Å². The molecule has 0 bridgehead atoms. The highest BCUT2D eigenvalue weighted by molar-refractivity contribution is 5.78. The van der Waals surface area contributed by atoms with Crippen LogP contribution in [-0.4, -0.2) is 6.16 Å². The minimum absolute atomic E-state index is 0.563. The van der Waals surface area contributed by atoms with E-state index in [4.69, 9.17) is 4.74 Å². The first-order valence-corrected chi connectivity index (χ1v) is 5.33. The van der Waals surface area contributed by atoms with E-state index in [9.17, 15) is 9.90 Å². The number of hydrogen-bond donors (Lipinski definition) is 0. The molecule has 1 aliphatic carbocycles. The van der Waals surface area contributed by atoms with Gasteiger partial charge in [0.15, 0.2) is 6.10 Å². The molecule has 1 aliphatic rings. The third-order valence-electron chi connectivity index (χ3n) is 2.99. The molecule has 2 aromatic carbocycles. The van der Waals surface area contributed by atoms with Gasteiger partial charge in [0.25, 0.3) is 0 Å². The van der Waals surface area contributed by atoms with Gasteiger partial charge in [0, 0.05) is 11.1 Å². The van der Waals surface area contributed by atoms with E-state index in [-0.39, 0.29) is 0 Å². The largest absolute Gasteiger partial charge is 0.550 e. The highest BCUT2D eigenvalue weighted by atomic mass is 16.7. The van der Waals surface area contributed by atoms with Crippen LogP contribution in [0.15, 0.2) is 48.5 Å². The molecule has 0 aliphatic heterocycles. The fraction of sp³-hybridized carbons (Fsp3) is 0.0714. The lowest BCUT2D eigenvalue weighted by molar-refractivity contribution is 0.0462. The molecule has 17 heavy (non-hydrogen) atoms. The Balaban J connectivity index is 2.20. The van der Waals surface area contributed by atoms with Crippen molar-refractivity contribution in [2.24, 2.45) is 0 Å². The van der Waals surface area contributed by atoms with E-state index in [0.717, 1.165) is 22.3 Å².